The largest absolute Gasteiger partial charge is 0.491 e. The summed E-state index contributed by atoms with van der Waals surface area (Å²) in [7, 11) is 0. The maximum absolute atomic E-state index is 13.9. The lowest BCUT2D eigenvalue weighted by molar-refractivity contribution is -0.137. The summed E-state index contributed by atoms with van der Waals surface area (Å²) in [4.78, 5) is 23.7. The highest BCUT2D eigenvalue weighted by atomic mass is 19.1. The van der Waals surface area contributed by atoms with Crippen LogP contribution < -0.4 is 10.1 Å². The van der Waals surface area contributed by atoms with Gasteiger partial charge in [0.2, 0.25) is 0 Å². The lowest BCUT2D eigenvalue weighted by Crippen LogP contribution is -2.18. The smallest absolute Gasteiger partial charge is 0.412 e. The number of aliphatic hydroxyl groups is 1. The van der Waals surface area contributed by atoms with Crippen molar-refractivity contribution in [2.75, 3.05) is 25.1 Å². The first-order valence-electron chi connectivity index (χ1n) is 10.7. The van der Waals surface area contributed by atoms with E-state index in [4.69, 9.17) is 19.3 Å². The second-order valence-electron chi connectivity index (χ2n) is 6.90. The summed E-state index contributed by atoms with van der Waals surface area (Å²) < 4.78 is 42.6. The number of esters is 1. The Morgan fingerprint density at radius 2 is 1.88 bits per heavy atom. The van der Waals surface area contributed by atoms with Crippen molar-refractivity contribution in [3.8, 4) is 5.75 Å². The highest BCUT2D eigenvalue weighted by Crippen LogP contribution is 2.26. The molecule has 0 aliphatic rings. The second-order valence-corrected chi connectivity index (χ2v) is 6.90. The minimum Gasteiger partial charge on any atom is -0.491 e. The number of ether oxygens (including phenoxy) is 3. The van der Waals surface area contributed by atoms with Gasteiger partial charge in [-0.2, -0.15) is 0 Å². The van der Waals surface area contributed by atoms with Crippen LogP contribution in [0.15, 0.2) is 66.8 Å². The van der Waals surface area contributed by atoms with Crippen molar-refractivity contribution < 1.29 is 37.7 Å². The molecule has 0 unspecified atom stereocenters. The van der Waals surface area contributed by atoms with E-state index in [1.807, 2.05) is 0 Å². The molecule has 0 radical (unpaired) electrons. The fourth-order valence-corrected chi connectivity index (χ4v) is 2.84. The van der Waals surface area contributed by atoms with Crippen molar-refractivity contribution in [3.63, 3.8) is 0 Å². The Hall–Kier alpha value is -3.72. The van der Waals surface area contributed by atoms with Gasteiger partial charge in [-0.3, -0.25) is 5.32 Å². The number of hydrogen-bond donors (Lipinski definition) is 2. The van der Waals surface area contributed by atoms with Crippen LogP contribution in [0.3, 0.4) is 0 Å². The lowest BCUT2D eigenvalue weighted by Gasteiger charge is -2.19. The first-order chi connectivity index (χ1) is 16.4. The molecule has 0 fully saturated rings. The molecule has 2 aromatic rings. The van der Waals surface area contributed by atoms with E-state index in [-0.39, 0.29) is 18.9 Å². The number of amides is 1. The fraction of sp³-hybridized carbons (Fsp3) is 0.280. The molecule has 0 bridgehead atoms. The van der Waals surface area contributed by atoms with E-state index < -0.39 is 29.8 Å². The van der Waals surface area contributed by atoms with E-state index in [0.717, 1.165) is 12.1 Å². The van der Waals surface area contributed by atoms with Gasteiger partial charge in [0.15, 0.2) is 0 Å². The molecule has 34 heavy (non-hydrogen) atoms. The lowest BCUT2D eigenvalue weighted by atomic mass is 10.0. The monoisotopic (exact) mass is 475 g/mol. The van der Waals surface area contributed by atoms with Gasteiger partial charge < -0.3 is 19.3 Å². The highest BCUT2D eigenvalue weighted by molar-refractivity contribution is 5.85. The Bertz CT molecular complexity index is 991. The molecule has 0 saturated heterocycles. The third kappa shape index (κ3) is 9.41. The summed E-state index contributed by atoms with van der Waals surface area (Å²) in [5, 5.41) is 11.1. The standard InChI is InChI=1S/C25H27F2NO6/c1-2-32-24(30)8-6-4-3-5-7-23(18-9-12-20(13-10-18)33-16-15-29)34-25(31)28-22-14-11-19(26)17-21(22)27/h3-4,6,8-14,17,23,29H,2,5,7,15-16H2,1H3,(H,28,31)/b4-3+,8-6+/t23-/m0/s1. The molecular formula is C25H27F2NO6. The van der Waals surface area contributed by atoms with Crippen LogP contribution in [0.2, 0.25) is 0 Å². The van der Waals surface area contributed by atoms with Gasteiger partial charge in [-0.1, -0.05) is 30.4 Å². The fourth-order valence-electron chi connectivity index (χ4n) is 2.84. The number of rotatable bonds is 12. The van der Waals surface area contributed by atoms with Crippen molar-refractivity contribution in [1.82, 2.24) is 0 Å². The number of hydrogen-bond acceptors (Lipinski definition) is 6. The van der Waals surface area contributed by atoms with Gasteiger partial charge in [-0.15, -0.1) is 0 Å². The van der Waals surface area contributed by atoms with Crippen LogP contribution in [-0.4, -0.2) is 37.0 Å². The molecule has 2 aromatic carbocycles. The molecule has 1 atom stereocenters. The first-order valence-corrected chi connectivity index (χ1v) is 10.7. The highest BCUT2D eigenvalue weighted by Gasteiger charge is 2.18. The van der Waals surface area contributed by atoms with Crippen LogP contribution >= 0.6 is 0 Å². The van der Waals surface area contributed by atoms with Crippen LogP contribution in [0, 0.1) is 11.6 Å². The summed E-state index contributed by atoms with van der Waals surface area (Å²) in [6.45, 7) is 2.03. The van der Waals surface area contributed by atoms with E-state index in [2.05, 4.69) is 5.32 Å². The molecule has 0 heterocycles. The van der Waals surface area contributed by atoms with E-state index in [1.54, 1.807) is 49.4 Å². The number of anilines is 1. The minimum absolute atomic E-state index is 0.120. The third-order valence-electron chi connectivity index (χ3n) is 4.39. The van der Waals surface area contributed by atoms with Gasteiger partial charge in [0.05, 0.1) is 18.9 Å². The summed E-state index contributed by atoms with van der Waals surface area (Å²) in [6.07, 6.45) is 5.61. The SMILES string of the molecule is CCOC(=O)/C=C/C=C/CC[C@H](OC(=O)Nc1ccc(F)cc1F)c1ccc(OCCO)cc1. The van der Waals surface area contributed by atoms with Crippen LogP contribution in [-0.2, 0) is 14.3 Å². The van der Waals surface area contributed by atoms with Gasteiger partial charge in [-0.05, 0) is 49.6 Å². The molecule has 9 heteroatoms. The van der Waals surface area contributed by atoms with Crippen LogP contribution in [0.5, 0.6) is 5.75 Å². The molecule has 1 amide bonds. The quantitative estimate of drug-likeness (QED) is 0.253. The zero-order valence-corrected chi connectivity index (χ0v) is 18.7. The van der Waals surface area contributed by atoms with Gasteiger partial charge >= 0.3 is 12.1 Å². The molecule has 0 aliphatic carbocycles. The van der Waals surface area contributed by atoms with E-state index in [0.29, 0.717) is 36.8 Å². The Morgan fingerprint density at radius 3 is 2.56 bits per heavy atom. The second kappa shape index (κ2) is 14.4. The first kappa shape index (κ1) is 26.5. The number of aliphatic hydroxyl groups excluding tert-OH is 1. The average Bonchev–Trinajstić information content (AvgIpc) is 2.81. The number of carbonyl (C=O) groups is 2. The molecular weight excluding hydrogens is 448 g/mol. The van der Waals surface area contributed by atoms with Crippen molar-refractivity contribution in [3.05, 3.63) is 84.0 Å². The predicted octanol–water partition coefficient (Wildman–Crippen LogP) is 5.08. The molecule has 0 aromatic heterocycles. The van der Waals surface area contributed by atoms with Gasteiger partial charge in [-0.25, -0.2) is 18.4 Å². The predicted molar refractivity (Wildman–Crippen MR) is 122 cm³/mol. The maximum Gasteiger partial charge on any atom is 0.412 e. The van der Waals surface area contributed by atoms with Crippen molar-refractivity contribution in [2.24, 2.45) is 0 Å². The molecule has 182 valence electrons. The zero-order valence-electron chi connectivity index (χ0n) is 18.7. The molecule has 7 nitrogen and oxygen atoms in total. The number of halogens is 2. The molecule has 0 saturated carbocycles. The van der Waals surface area contributed by atoms with Crippen molar-refractivity contribution in [1.29, 1.82) is 0 Å². The Labute approximate surface area is 196 Å². The number of allylic oxidation sites excluding steroid dienone is 3. The summed E-state index contributed by atoms with van der Waals surface area (Å²) >= 11 is 0. The molecule has 0 aliphatic heterocycles. The number of benzene rings is 2. The maximum atomic E-state index is 13.9. The summed E-state index contributed by atoms with van der Waals surface area (Å²) in [5.74, 6) is -1.59. The molecule has 2 rings (SSSR count). The van der Waals surface area contributed by atoms with E-state index >= 15 is 0 Å². The molecule has 2 N–H and O–H groups in total. The minimum atomic E-state index is -0.921. The summed E-state index contributed by atoms with van der Waals surface area (Å²) in [6, 6.07) is 9.57. The van der Waals surface area contributed by atoms with E-state index in [9.17, 15) is 18.4 Å². The normalized spacial score (nSPS) is 12.0. The topological polar surface area (TPSA) is 94.1 Å². The Kier molecular flexibility index (Phi) is 11.3. The van der Waals surface area contributed by atoms with Crippen LogP contribution in [0.25, 0.3) is 0 Å². The van der Waals surface area contributed by atoms with Crippen LogP contribution in [0.4, 0.5) is 19.3 Å². The number of nitrogens with one attached hydrogen (secondary N) is 1. The Morgan fingerprint density at radius 1 is 1.12 bits per heavy atom. The van der Waals surface area contributed by atoms with Gasteiger partial charge in [0.25, 0.3) is 0 Å². The van der Waals surface area contributed by atoms with Crippen molar-refractivity contribution in [2.45, 2.75) is 25.9 Å². The van der Waals surface area contributed by atoms with Gasteiger partial charge in [0.1, 0.15) is 30.1 Å². The Balaban J connectivity index is 2.05. The third-order valence-corrected chi connectivity index (χ3v) is 4.39. The number of carbonyl (C=O) groups excluding carboxylic acids is 2. The molecule has 0 spiro atoms. The van der Waals surface area contributed by atoms with E-state index in [1.165, 1.54) is 6.08 Å². The zero-order chi connectivity index (χ0) is 24.8. The summed E-state index contributed by atoms with van der Waals surface area (Å²) in [5.41, 5.74) is 0.462. The average molecular weight is 475 g/mol. The van der Waals surface area contributed by atoms with Crippen molar-refractivity contribution >= 4 is 17.7 Å². The van der Waals surface area contributed by atoms with Crippen LogP contribution in [0.1, 0.15) is 31.4 Å². The van der Waals surface area contributed by atoms with Gasteiger partial charge in [0, 0.05) is 12.1 Å².